The van der Waals surface area contributed by atoms with E-state index < -0.39 is 14.1 Å². The summed E-state index contributed by atoms with van der Waals surface area (Å²) in [5, 5.41) is 10.1. The number of fused-ring (bicyclic) bond motifs is 1. The van der Waals surface area contributed by atoms with Gasteiger partial charge in [-0.05, 0) is 47.9 Å². The lowest BCUT2D eigenvalue weighted by Gasteiger charge is -2.55. The molecule has 1 saturated carbocycles. The van der Waals surface area contributed by atoms with Crippen molar-refractivity contribution in [3.63, 3.8) is 0 Å². The Morgan fingerprint density at radius 2 is 1.88 bits per heavy atom. The van der Waals surface area contributed by atoms with Crippen LogP contribution in [0.25, 0.3) is 0 Å². The highest BCUT2D eigenvalue weighted by atomic mass is 28.4. The van der Waals surface area contributed by atoms with Crippen LogP contribution in [-0.4, -0.2) is 45.1 Å². The number of rotatable bonds is 3. The molecule has 0 aromatic rings. The molecular weight excluding hydrogens is 332 g/mol. The fraction of sp³-hybridized carbons (Fsp3) is 0.900. The number of ether oxygens (including phenoxy) is 2. The van der Waals surface area contributed by atoms with Gasteiger partial charge in [-0.1, -0.05) is 33.8 Å². The van der Waals surface area contributed by atoms with Crippen LogP contribution in [0.4, 0.5) is 0 Å². The number of hydrogen-bond acceptors (Lipinski definition) is 4. The zero-order chi connectivity index (χ0) is 18.5. The maximum atomic E-state index is 9.94. The monoisotopic (exact) mass is 368 g/mol. The van der Waals surface area contributed by atoms with E-state index in [1.807, 2.05) is 0 Å². The minimum absolute atomic E-state index is 0.0445. The maximum absolute atomic E-state index is 9.94. The zero-order valence-electron chi connectivity index (χ0n) is 16.9. The van der Waals surface area contributed by atoms with Crippen LogP contribution in [0, 0.1) is 11.3 Å². The minimum atomic E-state index is -1.84. The van der Waals surface area contributed by atoms with Gasteiger partial charge in [-0.3, -0.25) is 0 Å². The number of hydrogen-bond donors (Lipinski definition) is 1. The summed E-state index contributed by atoms with van der Waals surface area (Å²) in [4.78, 5) is 0. The highest BCUT2D eigenvalue weighted by Crippen LogP contribution is 2.56. The molecule has 5 heteroatoms. The van der Waals surface area contributed by atoms with Crippen LogP contribution in [0.15, 0.2) is 11.6 Å². The van der Waals surface area contributed by atoms with Crippen molar-refractivity contribution >= 4 is 8.32 Å². The van der Waals surface area contributed by atoms with Gasteiger partial charge < -0.3 is 19.0 Å². The van der Waals surface area contributed by atoms with Crippen LogP contribution in [0.2, 0.25) is 18.1 Å². The lowest BCUT2D eigenvalue weighted by molar-refractivity contribution is -0.213. The highest BCUT2D eigenvalue weighted by molar-refractivity contribution is 6.74. The van der Waals surface area contributed by atoms with Crippen molar-refractivity contribution in [3.8, 4) is 0 Å². The first-order valence-corrected chi connectivity index (χ1v) is 12.7. The van der Waals surface area contributed by atoms with Gasteiger partial charge in [0.2, 0.25) is 0 Å². The topological polar surface area (TPSA) is 47.9 Å². The fourth-order valence-electron chi connectivity index (χ4n) is 4.54. The molecule has 4 nitrogen and oxygen atoms in total. The molecule has 1 heterocycles. The SMILES string of the molecule is CC(C)(C)[Si](C)(C)O[C@H]1CC=C(CO)[C@H]2CC3(CC[C@]12C)OCCO3. The molecule has 3 aliphatic rings. The van der Waals surface area contributed by atoms with Crippen LogP contribution in [0.3, 0.4) is 0 Å². The Bertz CT molecular complexity index is 530. The van der Waals surface area contributed by atoms with E-state index in [-0.39, 0.29) is 29.1 Å². The lowest BCUT2D eigenvalue weighted by Crippen LogP contribution is -2.56. The van der Waals surface area contributed by atoms with Crippen LogP contribution in [0.1, 0.15) is 53.4 Å². The molecule has 2 fully saturated rings. The molecule has 1 aliphatic heterocycles. The molecule has 25 heavy (non-hydrogen) atoms. The molecule has 0 bridgehead atoms. The minimum Gasteiger partial charge on any atom is -0.413 e. The molecule has 1 spiro atoms. The van der Waals surface area contributed by atoms with E-state index in [1.165, 1.54) is 0 Å². The van der Waals surface area contributed by atoms with Gasteiger partial charge in [-0.2, -0.15) is 0 Å². The first-order chi connectivity index (χ1) is 11.5. The predicted octanol–water partition coefficient (Wildman–Crippen LogP) is 4.25. The summed E-state index contributed by atoms with van der Waals surface area (Å²) in [6, 6.07) is 0. The third kappa shape index (κ3) is 3.38. The Morgan fingerprint density at radius 1 is 1.24 bits per heavy atom. The number of aliphatic hydroxyl groups is 1. The van der Waals surface area contributed by atoms with Crippen molar-refractivity contribution in [2.75, 3.05) is 19.8 Å². The average Bonchev–Trinajstić information content (AvgIpc) is 2.97. The van der Waals surface area contributed by atoms with Gasteiger partial charge in [0.15, 0.2) is 14.1 Å². The summed E-state index contributed by atoms with van der Waals surface area (Å²) in [5.74, 6) is -0.162. The first-order valence-electron chi connectivity index (χ1n) is 9.79. The average molecular weight is 369 g/mol. The van der Waals surface area contributed by atoms with E-state index in [0.29, 0.717) is 13.2 Å². The molecule has 2 aliphatic carbocycles. The molecule has 1 saturated heterocycles. The molecule has 0 unspecified atom stereocenters. The van der Waals surface area contributed by atoms with Crippen molar-refractivity contribution < 1.29 is 19.0 Å². The maximum Gasteiger partial charge on any atom is 0.192 e. The fourth-order valence-corrected chi connectivity index (χ4v) is 5.97. The molecule has 0 aromatic carbocycles. The van der Waals surface area contributed by atoms with Gasteiger partial charge in [0.05, 0.1) is 25.9 Å². The highest BCUT2D eigenvalue weighted by Gasteiger charge is 2.56. The summed E-state index contributed by atoms with van der Waals surface area (Å²) < 4.78 is 18.9. The Balaban J connectivity index is 1.87. The van der Waals surface area contributed by atoms with Crippen LogP contribution >= 0.6 is 0 Å². The van der Waals surface area contributed by atoms with E-state index >= 15 is 0 Å². The quantitative estimate of drug-likeness (QED) is 0.598. The Kier molecular flexibility index (Phi) is 5.04. The summed E-state index contributed by atoms with van der Waals surface area (Å²) in [5.41, 5.74) is 1.19. The van der Waals surface area contributed by atoms with Crippen molar-refractivity contribution in [3.05, 3.63) is 11.6 Å². The summed E-state index contributed by atoms with van der Waals surface area (Å²) >= 11 is 0. The smallest absolute Gasteiger partial charge is 0.192 e. The summed E-state index contributed by atoms with van der Waals surface area (Å²) in [7, 11) is -1.84. The molecule has 0 amide bonds. The van der Waals surface area contributed by atoms with Crippen molar-refractivity contribution in [2.45, 2.75) is 83.4 Å². The standard InChI is InChI=1S/C20H36O4Si/c1-18(2,3)25(5,6)24-17-8-7-15(14-21)16-13-20(22-11-12-23-20)10-9-19(16,17)4/h7,16-17,21H,8-14H2,1-6H3/t16-,17+,19+/m1/s1. The van der Waals surface area contributed by atoms with E-state index in [0.717, 1.165) is 31.3 Å². The largest absolute Gasteiger partial charge is 0.413 e. The molecular formula is C20H36O4Si. The predicted molar refractivity (Wildman–Crippen MR) is 102 cm³/mol. The van der Waals surface area contributed by atoms with Crippen LogP contribution < -0.4 is 0 Å². The van der Waals surface area contributed by atoms with E-state index in [9.17, 15) is 5.11 Å². The normalized spacial score (nSPS) is 35.6. The van der Waals surface area contributed by atoms with Crippen LogP contribution in [-0.2, 0) is 13.9 Å². The third-order valence-corrected chi connectivity index (χ3v) is 11.9. The second-order valence-corrected chi connectivity index (χ2v) is 14.7. The van der Waals surface area contributed by atoms with Crippen molar-refractivity contribution in [1.82, 2.24) is 0 Å². The Morgan fingerprint density at radius 3 is 2.44 bits per heavy atom. The first kappa shape index (κ1) is 19.6. The van der Waals surface area contributed by atoms with E-state index in [1.54, 1.807) is 0 Å². The van der Waals surface area contributed by atoms with Gasteiger partial charge in [0.25, 0.3) is 0 Å². The van der Waals surface area contributed by atoms with Crippen LogP contribution in [0.5, 0.6) is 0 Å². The molecule has 144 valence electrons. The molecule has 3 rings (SSSR count). The number of aliphatic hydroxyl groups excluding tert-OH is 1. The van der Waals surface area contributed by atoms with Gasteiger partial charge in [-0.15, -0.1) is 0 Å². The second kappa shape index (κ2) is 6.45. The summed E-state index contributed by atoms with van der Waals surface area (Å²) in [6.45, 7) is 15.4. The van der Waals surface area contributed by atoms with E-state index in [4.69, 9.17) is 13.9 Å². The van der Waals surface area contributed by atoms with Crippen molar-refractivity contribution in [2.24, 2.45) is 11.3 Å². The van der Waals surface area contributed by atoms with Gasteiger partial charge in [-0.25, -0.2) is 0 Å². The Labute approximate surface area is 154 Å². The second-order valence-electron chi connectivity index (χ2n) is 9.91. The van der Waals surface area contributed by atoms with Gasteiger partial charge in [0.1, 0.15) is 0 Å². The zero-order valence-corrected chi connectivity index (χ0v) is 17.9. The molecule has 3 atom stereocenters. The van der Waals surface area contributed by atoms with Gasteiger partial charge >= 0.3 is 0 Å². The van der Waals surface area contributed by atoms with E-state index in [2.05, 4.69) is 46.9 Å². The molecule has 1 N–H and O–H groups in total. The summed E-state index contributed by atoms with van der Waals surface area (Å²) in [6.07, 6.45) is 6.13. The molecule has 0 radical (unpaired) electrons. The van der Waals surface area contributed by atoms with Crippen molar-refractivity contribution in [1.29, 1.82) is 0 Å². The lowest BCUT2D eigenvalue weighted by atomic mass is 9.57. The third-order valence-electron chi connectivity index (χ3n) is 7.37. The van der Waals surface area contributed by atoms with Gasteiger partial charge in [0, 0.05) is 12.8 Å². The molecule has 0 aromatic heterocycles. The Hall–Kier alpha value is -0.203.